The average Bonchev–Trinajstić information content (AvgIpc) is 2.12. The minimum absolute atomic E-state index is 0.237. The van der Waals surface area contributed by atoms with Crippen molar-refractivity contribution in [3.05, 3.63) is 0 Å². The van der Waals surface area contributed by atoms with Crippen molar-refractivity contribution in [3.63, 3.8) is 0 Å². The highest BCUT2D eigenvalue weighted by atomic mass is 15.3. The van der Waals surface area contributed by atoms with Crippen molar-refractivity contribution >= 4 is 5.96 Å². The Morgan fingerprint density at radius 1 is 1.43 bits per heavy atom. The number of nitrogens with two attached hydrogens (primary N) is 1. The summed E-state index contributed by atoms with van der Waals surface area (Å²) < 4.78 is 0. The number of nitrogens with zero attached hydrogens (tertiary/aromatic N) is 1. The summed E-state index contributed by atoms with van der Waals surface area (Å²) in [5.41, 5.74) is 2.81. The van der Waals surface area contributed by atoms with E-state index in [1.807, 2.05) is 0 Å². The van der Waals surface area contributed by atoms with Gasteiger partial charge in [-0.1, -0.05) is 20.8 Å². The SMILES string of the molecule is CCC(C)(C)CN=C(NN)NC(C)C. The van der Waals surface area contributed by atoms with Crippen molar-refractivity contribution in [3.8, 4) is 0 Å². The molecule has 0 saturated carbocycles. The van der Waals surface area contributed by atoms with E-state index in [9.17, 15) is 0 Å². The molecular weight excluding hydrogens is 176 g/mol. The number of nitrogens with one attached hydrogen (secondary N) is 2. The van der Waals surface area contributed by atoms with E-state index in [2.05, 4.69) is 50.4 Å². The van der Waals surface area contributed by atoms with Crippen molar-refractivity contribution in [1.29, 1.82) is 0 Å². The van der Waals surface area contributed by atoms with Crippen LogP contribution in [0.2, 0.25) is 0 Å². The molecule has 0 aromatic carbocycles. The number of hydrogen-bond acceptors (Lipinski definition) is 2. The molecule has 0 fully saturated rings. The molecule has 4 nitrogen and oxygen atoms in total. The molecule has 0 aliphatic carbocycles. The molecule has 0 heterocycles. The van der Waals surface area contributed by atoms with Gasteiger partial charge >= 0.3 is 0 Å². The number of hydrazine groups is 1. The zero-order chi connectivity index (χ0) is 11.2. The lowest BCUT2D eigenvalue weighted by Gasteiger charge is -2.21. The standard InChI is InChI=1S/C10H24N4/c1-6-10(4,5)7-12-9(14-11)13-8(2)3/h8H,6-7,11H2,1-5H3,(H2,12,13,14). The lowest BCUT2D eigenvalue weighted by Crippen LogP contribution is -2.45. The predicted octanol–water partition coefficient (Wildman–Crippen LogP) is 1.24. The molecule has 0 radical (unpaired) electrons. The molecule has 4 heteroatoms. The normalized spacial score (nSPS) is 13.2. The van der Waals surface area contributed by atoms with Crippen LogP contribution in [0.1, 0.15) is 41.0 Å². The lowest BCUT2D eigenvalue weighted by molar-refractivity contribution is 0.365. The van der Waals surface area contributed by atoms with Crippen molar-refractivity contribution in [1.82, 2.24) is 10.7 Å². The summed E-state index contributed by atoms with van der Waals surface area (Å²) in [5, 5.41) is 3.14. The van der Waals surface area contributed by atoms with Crippen LogP contribution < -0.4 is 16.6 Å². The van der Waals surface area contributed by atoms with Crippen LogP contribution in [-0.2, 0) is 0 Å². The van der Waals surface area contributed by atoms with Gasteiger partial charge in [0.1, 0.15) is 0 Å². The van der Waals surface area contributed by atoms with Gasteiger partial charge in [-0.05, 0) is 25.7 Å². The second-order valence-electron chi connectivity index (χ2n) is 4.63. The summed E-state index contributed by atoms with van der Waals surface area (Å²) in [4.78, 5) is 4.39. The third-order valence-electron chi connectivity index (χ3n) is 2.18. The van der Waals surface area contributed by atoms with Crippen molar-refractivity contribution in [2.75, 3.05) is 6.54 Å². The molecule has 0 aliphatic rings. The zero-order valence-electron chi connectivity index (χ0n) is 10.0. The van der Waals surface area contributed by atoms with E-state index in [0.717, 1.165) is 13.0 Å². The van der Waals surface area contributed by atoms with E-state index in [0.29, 0.717) is 12.0 Å². The Morgan fingerprint density at radius 2 is 2.00 bits per heavy atom. The van der Waals surface area contributed by atoms with Gasteiger partial charge < -0.3 is 5.32 Å². The summed E-state index contributed by atoms with van der Waals surface area (Å²) in [6.07, 6.45) is 1.11. The Kier molecular flexibility index (Phi) is 5.53. The Balaban J connectivity index is 4.17. The third-order valence-corrected chi connectivity index (χ3v) is 2.18. The molecule has 0 unspecified atom stereocenters. The fraction of sp³-hybridized carbons (Fsp3) is 0.900. The average molecular weight is 200 g/mol. The van der Waals surface area contributed by atoms with Crippen molar-refractivity contribution in [2.45, 2.75) is 47.1 Å². The minimum Gasteiger partial charge on any atom is -0.353 e. The van der Waals surface area contributed by atoms with Crippen molar-refractivity contribution in [2.24, 2.45) is 16.3 Å². The lowest BCUT2D eigenvalue weighted by atomic mass is 9.91. The Morgan fingerprint density at radius 3 is 2.36 bits per heavy atom. The smallest absolute Gasteiger partial charge is 0.205 e. The van der Waals surface area contributed by atoms with Gasteiger partial charge in [0.15, 0.2) is 0 Å². The van der Waals surface area contributed by atoms with Crippen LogP contribution in [0.3, 0.4) is 0 Å². The highest BCUT2D eigenvalue weighted by Gasteiger charge is 2.14. The van der Waals surface area contributed by atoms with Crippen LogP contribution in [-0.4, -0.2) is 18.5 Å². The highest BCUT2D eigenvalue weighted by molar-refractivity contribution is 5.79. The molecule has 4 N–H and O–H groups in total. The van der Waals surface area contributed by atoms with E-state index in [1.165, 1.54) is 0 Å². The first-order valence-electron chi connectivity index (χ1n) is 5.19. The summed E-state index contributed by atoms with van der Waals surface area (Å²) in [6, 6.07) is 0.342. The van der Waals surface area contributed by atoms with Gasteiger partial charge in [0.05, 0.1) is 0 Å². The molecule has 0 aliphatic heterocycles. The molecule has 0 spiro atoms. The molecule has 0 aromatic rings. The monoisotopic (exact) mass is 200 g/mol. The second-order valence-corrected chi connectivity index (χ2v) is 4.63. The second kappa shape index (κ2) is 5.86. The molecule has 14 heavy (non-hydrogen) atoms. The van der Waals surface area contributed by atoms with E-state index in [4.69, 9.17) is 5.84 Å². The fourth-order valence-electron chi connectivity index (χ4n) is 0.811. The van der Waals surface area contributed by atoms with Crippen LogP contribution in [0.5, 0.6) is 0 Å². The molecule has 0 atom stereocenters. The number of guanidine groups is 1. The maximum Gasteiger partial charge on any atom is 0.205 e. The third kappa shape index (κ3) is 5.80. The quantitative estimate of drug-likeness (QED) is 0.277. The number of aliphatic imine (C=N–C) groups is 1. The predicted molar refractivity (Wildman–Crippen MR) is 62.0 cm³/mol. The van der Waals surface area contributed by atoms with Crippen LogP contribution in [0.4, 0.5) is 0 Å². The Labute approximate surface area is 87.3 Å². The summed E-state index contributed by atoms with van der Waals surface area (Å²) in [5.74, 6) is 6.02. The molecule has 0 bridgehead atoms. The maximum atomic E-state index is 5.35. The molecule has 0 rings (SSSR count). The van der Waals surface area contributed by atoms with Gasteiger partial charge in [-0.25, -0.2) is 5.84 Å². The van der Waals surface area contributed by atoms with E-state index in [-0.39, 0.29) is 5.41 Å². The van der Waals surface area contributed by atoms with Crippen LogP contribution in [0.15, 0.2) is 4.99 Å². The van der Waals surface area contributed by atoms with Gasteiger partial charge in [0.2, 0.25) is 5.96 Å². The fourth-order valence-corrected chi connectivity index (χ4v) is 0.811. The number of rotatable bonds is 4. The topological polar surface area (TPSA) is 62.4 Å². The van der Waals surface area contributed by atoms with E-state index < -0.39 is 0 Å². The van der Waals surface area contributed by atoms with Gasteiger partial charge in [0, 0.05) is 12.6 Å². The Bertz CT molecular complexity index is 185. The number of hydrogen-bond donors (Lipinski definition) is 3. The van der Waals surface area contributed by atoms with Gasteiger partial charge in [-0.3, -0.25) is 10.4 Å². The van der Waals surface area contributed by atoms with Gasteiger partial charge in [0.25, 0.3) is 0 Å². The summed E-state index contributed by atoms with van der Waals surface area (Å²) >= 11 is 0. The zero-order valence-corrected chi connectivity index (χ0v) is 10.0. The molecular formula is C10H24N4. The van der Waals surface area contributed by atoms with Gasteiger partial charge in [-0.2, -0.15) is 0 Å². The van der Waals surface area contributed by atoms with E-state index in [1.54, 1.807) is 0 Å². The molecule has 0 saturated heterocycles. The maximum absolute atomic E-state index is 5.35. The molecule has 0 amide bonds. The van der Waals surface area contributed by atoms with Crippen LogP contribution in [0, 0.1) is 5.41 Å². The molecule has 0 aromatic heterocycles. The first-order valence-corrected chi connectivity index (χ1v) is 5.19. The minimum atomic E-state index is 0.237. The van der Waals surface area contributed by atoms with Crippen molar-refractivity contribution < 1.29 is 0 Å². The first kappa shape index (κ1) is 13.2. The molecule has 84 valence electrons. The largest absolute Gasteiger partial charge is 0.353 e. The van der Waals surface area contributed by atoms with E-state index >= 15 is 0 Å². The highest BCUT2D eigenvalue weighted by Crippen LogP contribution is 2.19. The Hall–Kier alpha value is -0.770. The van der Waals surface area contributed by atoms with Crippen LogP contribution >= 0.6 is 0 Å². The first-order chi connectivity index (χ1) is 6.41. The summed E-state index contributed by atoms with van der Waals surface area (Å²) in [7, 11) is 0. The van der Waals surface area contributed by atoms with Gasteiger partial charge in [-0.15, -0.1) is 0 Å². The summed E-state index contributed by atoms with van der Waals surface area (Å²) in [6.45, 7) is 11.4. The van der Waals surface area contributed by atoms with Crippen LogP contribution in [0.25, 0.3) is 0 Å².